The van der Waals surface area contributed by atoms with E-state index in [-0.39, 0.29) is 6.10 Å². The Kier molecular flexibility index (Phi) is 3.54. The van der Waals surface area contributed by atoms with Crippen LogP contribution >= 0.6 is 31.9 Å². The number of aliphatic hydroxyl groups is 1. The lowest BCUT2D eigenvalue weighted by atomic mass is 10.4. The predicted octanol–water partition coefficient (Wildman–Crippen LogP) is 1.40. The highest BCUT2D eigenvalue weighted by Gasteiger charge is 2.02. The third kappa shape index (κ3) is 2.92. The summed E-state index contributed by atoms with van der Waals surface area (Å²) < 4.78 is 2.62. The fraction of sp³-hybridized carbons (Fsp3) is 0.500. The second-order valence-electron chi connectivity index (χ2n) is 2.19. The molecule has 0 bridgehead atoms. The van der Waals surface area contributed by atoms with Gasteiger partial charge in [-0.15, -0.1) is 0 Å². The molecule has 0 aliphatic rings. The highest BCUT2D eigenvalue weighted by atomic mass is 79.9. The van der Waals surface area contributed by atoms with Crippen LogP contribution in [0.1, 0.15) is 0 Å². The number of aliphatic hydroxyl groups excluding tert-OH is 1. The summed E-state index contributed by atoms with van der Waals surface area (Å²) in [6.45, 7) is 0.525. The largest absolute Gasteiger partial charge is 0.390 e. The summed E-state index contributed by atoms with van der Waals surface area (Å²) in [5.74, 6) is 0. The Hall–Kier alpha value is 0.130. The minimum absolute atomic E-state index is 0.373. The minimum Gasteiger partial charge on any atom is -0.390 e. The van der Waals surface area contributed by atoms with Gasteiger partial charge in [-0.2, -0.15) is 5.10 Å². The van der Waals surface area contributed by atoms with Crippen LogP contribution < -0.4 is 0 Å². The van der Waals surface area contributed by atoms with Gasteiger partial charge in [-0.05, 0) is 15.9 Å². The van der Waals surface area contributed by atoms with Crippen molar-refractivity contribution in [1.82, 2.24) is 9.78 Å². The summed E-state index contributed by atoms with van der Waals surface area (Å²) in [6.07, 6.45) is 3.15. The Morgan fingerprint density at radius 1 is 1.73 bits per heavy atom. The van der Waals surface area contributed by atoms with Crippen LogP contribution in [-0.2, 0) is 6.54 Å². The van der Waals surface area contributed by atoms with Crippen molar-refractivity contribution in [1.29, 1.82) is 0 Å². The monoisotopic (exact) mass is 282 g/mol. The topological polar surface area (TPSA) is 38.0 Å². The van der Waals surface area contributed by atoms with Gasteiger partial charge in [0, 0.05) is 11.5 Å². The molecule has 0 aliphatic carbocycles. The zero-order chi connectivity index (χ0) is 8.27. The summed E-state index contributed by atoms with van der Waals surface area (Å²) in [6, 6.07) is 0. The van der Waals surface area contributed by atoms with Gasteiger partial charge in [-0.1, -0.05) is 15.9 Å². The fourth-order valence-corrected chi connectivity index (χ4v) is 1.24. The molecule has 0 saturated carbocycles. The Balaban J connectivity index is 2.50. The molecule has 0 aromatic carbocycles. The van der Waals surface area contributed by atoms with E-state index in [1.807, 2.05) is 6.20 Å². The van der Waals surface area contributed by atoms with Crippen LogP contribution in [0.4, 0.5) is 0 Å². The SMILES string of the molecule is OC(CBr)Cn1cc(Br)cn1. The normalized spacial score (nSPS) is 13.4. The Labute approximate surface area is 81.7 Å². The molecule has 0 aliphatic heterocycles. The van der Waals surface area contributed by atoms with Gasteiger partial charge in [0.15, 0.2) is 0 Å². The van der Waals surface area contributed by atoms with E-state index in [0.29, 0.717) is 11.9 Å². The van der Waals surface area contributed by atoms with Crippen LogP contribution in [0.5, 0.6) is 0 Å². The maximum atomic E-state index is 9.20. The summed E-state index contributed by atoms with van der Waals surface area (Å²) in [5, 5.41) is 13.8. The van der Waals surface area contributed by atoms with Gasteiger partial charge < -0.3 is 5.11 Å². The lowest BCUT2D eigenvalue weighted by Gasteiger charge is -2.05. The molecule has 1 aromatic heterocycles. The van der Waals surface area contributed by atoms with Crippen molar-refractivity contribution >= 4 is 31.9 Å². The third-order valence-corrected chi connectivity index (χ3v) is 2.33. The molecule has 0 radical (unpaired) electrons. The van der Waals surface area contributed by atoms with E-state index in [1.54, 1.807) is 10.9 Å². The molecule has 5 heteroatoms. The number of aromatic nitrogens is 2. The van der Waals surface area contributed by atoms with Crippen molar-refractivity contribution in [3.05, 3.63) is 16.9 Å². The van der Waals surface area contributed by atoms with E-state index in [1.165, 1.54) is 0 Å². The van der Waals surface area contributed by atoms with Gasteiger partial charge >= 0.3 is 0 Å². The lowest BCUT2D eigenvalue weighted by molar-refractivity contribution is 0.174. The third-order valence-electron chi connectivity index (χ3n) is 1.18. The molecule has 1 atom stereocenters. The van der Waals surface area contributed by atoms with Crippen molar-refractivity contribution < 1.29 is 5.11 Å². The van der Waals surface area contributed by atoms with E-state index in [0.717, 1.165) is 4.47 Å². The molecule has 1 unspecified atom stereocenters. The van der Waals surface area contributed by atoms with Crippen LogP contribution in [0.15, 0.2) is 16.9 Å². The molecule has 0 amide bonds. The first-order chi connectivity index (χ1) is 5.22. The lowest BCUT2D eigenvalue weighted by Crippen LogP contribution is -2.17. The fourth-order valence-electron chi connectivity index (χ4n) is 0.703. The molecule has 3 nitrogen and oxygen atoms in total. The average molecular weight is 284 g/mol. The number of alkyl halides is 1. The standard InChI is InChI=1S/C6H8Br2N2O/c7-1-6(11)4-10-3-5(8)2-9-10/h2-3,6,11H,1,4H2. The minimum atomic E-state index is -0.373. The zero-order valence-electron chi connectivity index (χ0n) is 5.74. The molecule has 11 heavy (non-hydrogen) atoms. The molecule has 1 aromatic rings. The number of rotatable bonds is 3. The van der Waals surface area contributed by atoms with Gasteiger partial charge in [-0.3, -0.25) is 4.68 Å². The molecule has 62 valence electrons. The van der Waals surface area contributed by atoms with Crippen molar-refractivity contribution in [3.8, 4) is 0 Å². The molecule has 1 N–H and O–H groups in total. The number of halogens is 2. The van der Waals surface area contributed by atoms with Crippen LogP contribution in [-0.4, -0.2) is 26.3 Å². The molecule has 0 saturated heterocycles. The molecule has 0 fully saturated rings. The number of nitrogens with zero attached hydrogens (tertiary/aromatic N) is 2. The highest BCUT2D eigenvalue weighted by Crippen LogP contribution is 2.06. The van der Waals surface area contributed by atoms with E-state index >= 15 is 0 Å². The second-order valence-corrected chi connectivity index (χ2v) is 3.75. The van der Waals surface area contributed by atoms with Crippen molar-refractivity contribution in [2.75, 3.05) is 5.33 Å². The smallest absolute Gasteiger partial charge is 0.0832 e. The van der Waals surface area contributed by atoms with Crippen LogP contribution in [0.25, 0.3) is 0 Å². The van der Waals surface area contributed by atoms with Crippen LogP contribution in [0.3, 0.4) is 0 Å². The summed E-state index contributed by atoms with van der Waals surface area (Å²) in [7, 11) is 0. The van der Waals surface area contributed by atoms with Gasteiger partial charge in [0.05, 0.1) is 23.3 Å². The average Bonchev–Trinajstić information content (AvgIpc) is 2.35. The molecule has 0 spiro atoms. The van der Waals surface area contributed by atoms with E-state index in [2.05, 4.69) is 37.0 Å². The van der Waals surface area contributed by atoms with E-state index in [4.69, 9.17) is 0 Å². The van der Waals surface area contributed by atoms with Crippen LogP contribution in [0.2, 0.25) is 0 Å². The number of hydrogen-bond donors (Lipinski definition) is 1. The van der Waals surface area contributed by atoms with Crippen molar-refractivity contribution in [2.45, 2.75) is 12.6 Å². The molecular weight excluding hydrogens is 276 g/mol. The van der Waals surface area contributed by atoms with Gasteiger partial charge in [-0.25, -0.2) is 0 Å². The Bertz CT molecular complexity index is 226. The first-order valence-corrected chi connectivity index (χ1v) is 5.06. The second kappa shape index (κ2) is 4.23. The number of hydrogen-bond acceptors (Lipinski definition) is 2. The Morgan fingerprint density at radius 2 is 2.45 bits per heavy atom. The highest BCUT2D eigenvalue weighted by molar-refractivity contribution is 9.10. The van der Waals surface area contributed by atoms with Gasteiger partial charge in [0.1, 0.15) is 0 Å². The first-order valence-electron chi connectivity index (χ1n) is 3.14. The molecule has 1 rings (SSSR count). The van der Waals surface area contributed by atoms with Crippen LogP contribution in [0, 0.1) is 0 Å². The predicted molar refractivity (Wildman–Crippen MR) is 49.7 cm³/mol. The first kappa shape index (κ1) is 9.22. The molecular formula is C6H8Br2N2O. The van der Waals surface area contributed by atoms with E-state index in [9.17, 15) is 5.11 Å². The Morgan fingerprint density at radius 3 is 2.91 bits per heavy atom. The maximum absolute atomic E-state index is 9.20. The van der Waals surface area contributed by atoms with Crippen molar-refractivity contribution in [3.63, 3.8) is 0 Å². The zero-order valence-corrected chi connectivity index (χ0v) is 8.92. The molecule has 1 heterocycles. The summed E-state index contributed by atoms with van der Waals surface area (Å²) in [5.41, 5.74) is 0. The van der Waals surface area contributed by atoms with E-state index < -0.39 is 0 Å². The quantitative estimate of drug-likeness (QED) is 0.852. The maximum Gasteiger partial charge on any atom is 0.0832 e. The van der Waals surface area contributed by atoms with Gasteiger partial charge in [0.2, 0.25) is 0 Å². The summed E-state index contributed by atoms with van der Waals surface area (Å²) >= 11 is 6.44. The van der Waals surface area contributed by atoms with Crippen molar-refractivity contribution in [2.24, 2.45) is 0 Å². The summed E-state index contributed by atoms with van der Waals surface area (Å²) in [4.78, 5) is 0. The van der Waals surface area contributed by atoms with Gasteiger partial charge in [0.25, 0.3) is 0 Å².